The van der Waals surface area contributed by atoms with Gasteiger partial charge in [0.1, 0.15) is 0 Å². The van der Waals surface area contributed by atoms with Crippen molar-refractivity contribution in [3.63, 3.8) is 0 Å². The quantitative estimate of drug-likeness (QED) is 0.675. The van der Waals surface area contributed by atoms with Crippen molar-refractivity contribution in [1.29, 1.82) is 0 Å². The summed E-state index contributed by atoms with van der Waals surface area (Å²) in [6, 6.07) is 2.37. The lowest BCUT2D eigenvalue weighted by atomic mass is 10.3. The minimum absolute atomic E-state index is 0.107. The molecule has 0 heterocycles. The fourth-order valence-electron chi connectivity index (χ4n) is 1.01. The fourth-order valence-corrected chi connectivity index (χ4v) is 1.48. The molecular formula is C8H7BrN2O5. The molecule has 7 nitrogen and oxygen atoms in total. The van der Waals surface area contributed by atoms with E-state index in [9.17, 15) is 14.9 Å². The van der Waals surface area contributed by atoms with E-state index in [0.717, 1.165) is 6.07 Å². The van der Waals surface area contributed by atoms with Gasteiger partial charge in [-0.2, -0.15) is 0 Å². The molecule has 8 heteroatoms. The molecule has 0 saturated heterocycles. The highest BCUT2D eigenvalue weighted by Crippen LogP contribution is 2.37. The molecule has 0 atom stereocenters. The Kier molecular flexibility index (Phi) is 3.67. The van der Waals surface area contributed by atoms with Gasteiger partial charge in [-0.25, -0.2) is 4.79 Å². The van der Waals surface area contributed by atoms with Crippen LogP contribution in [-0.4, -0.2) is 18.1 Å². The third kappa shape index (κ3) is 2.60. The molecule has 0 unspecified atom stereocenters. The van der Waals surface area contributed by atoms with Gasteiger partial charge in [0.15, 0.2) is 11.5 Å². The maximum Gasteiger partial charge on any atom is 0.410 e. The molecule has 1 aromatic rings. The Balaban J connectivity index is 3.28. The SMILES string of the molecule is COc1cc(Br)c([N+](=O)[O-])cc1OC(N)=O. The first-order valence-corrected chi connectivity index (χ1v) is 4.74. The van der Waals surface area contributed by atoms with E-state index in [1.54, 1.807) is 0 Å². The van der Waals surface area contributed by atoms with Gasteiger partial charge in [-0.05, 0) is 15.9 Å². The van der Waals surface area contributed by atoms with Gasteiger partial charge in [-0.1, -0.05) is 0 Å². The number of ether oxygens (including phenoxy) is 2. The van der Waals surface area contributed by atoms with Gasteiger partial charge in [0.05, 0.1) is 22.6 Å². The molecule has 0 aliphatic heterocycles. The minimum Gasteiger partial charge on any atom is -0.493 e. The Labute approximate surface area is 98.4 Å². The molecule has 0 aromatic heterocycles. The van der Waals surface area contributed by atoms with E-state index >= 15 is 0 Å². The number of primary amides is 1. The van der Waals surface area contributed by atoms with Crippen LogP contribution in [0.5, 0.6) is 11.5 Å². The van der Waals surface area contributed by atoms with Crippen LogP contribution in [0.2, 0.25) is 0 Å². The van der Waals surface area contributed by atoms with Gasteiger partial charge >= 0.3 is 6.09 Å². The second-order valence-electron chi connectivity index (χ2n) is 2.63. The molecule has 0 radical (unpaired) electrons. The van der Waals surface area contributed by atoms with E-state index in [1.165, 1.54) is 13.2 Å². The predicted octanol–water partition coefficient (Wildman–Crippen LogP) is 1.82. The number of methoxy groups -OCH3 is 1. The Bertz CT molecular complexity index is 448. The second-order valence-corrected chi connectivity index (χ2v) is 3.49. The molecule has 0 spiro atoms. The lowest BCUT2D eigenvalue weighted by Gasteiger charge is -2.07. The largest absolute Gasteiger partial charge is 0.493 e. The zero-order valence-electron chi connectivity index (χ0n) is 8.10. The summed E-state index contributed by atoms with van der Waals surface area (Å²) in [4.78, 5) is 20.6. The van der Waals surface area contributed by atoms with Crippen molar-refractivity contribution in [3.05, 3.63) is 26.7 Å². The molecule has 0 aliphatic rings. The van der Waals surface area contributed by atoms with Crippen LogP contribution in [0.25, 0.3) is 0 Å². The summed E-state index contributed by atoms with van der Waals surface area (Å²) in [6.45, 7) is 0. The van der Waals surface area contributed by atoms with Crippen LogP contribution in [0.3, 0.4) is 0 Å². The van der Waals surface area contributed by atoms with Gasteiger partial charge in [-0.3, -0.25) is 10.1 Å². The highest BCUT2D eigenvalue weighted by atomic mass is 79.9. The number of rotatable bonds is 3. The molecule has 86 valence electrons. The topological polar surface area (TPSA) is 105 Å². The van der Waals surface area contributed by atoms with Crippen molar-refractivity contribution in [1.82, 2.24) is 0 Å². The van der Waals surface area contributed by atoms with E-state index in [1.807, 2.05) is 0 Å². The van der Waals surface area contributed by atoms with Crippen LogP contribution < -0.4 is 15.2 Å². The first-order chi connectivity index (χ1) is 7.45. The number of halogens is 1. The van der Waals surface area contributed by atoms with Crippen molar-refractivity contribution in [2.75, 3.05) is 7.11 Å². The molecule has 1 rings (SSSR count). The lowest BCUT2D eigenvalue weighted by Crippen LogP contribution is -2.16. The molecular weight excluding hydrogens is 284 g/mol. The summed E-state index contributed by atoms with van der Waals surface area (Å²) in [5, 5.41) is 10.6. The molecule has 1 aromatic carbocycles. The van der Waals surface area contributed by atoms with E-state index < -0.39 is 11.0 Å². The molecule has 0 fully saturated rings. The predicted molar refractivity (Wildman–Crippen MR) is 57.6 cm³/mol. The van der Waals surface area contributed by atoms with Crippen LogP contribution in [0.15, 0.2) is 16.6 Å². The number of nitro benzene ring substituents is 1. The van der Waals surface area contributed by atoms with Crippen LogP contribution in [0.1, 0.15) is 0 Å². The smallest absolute Gasteiger partial charge is 0.410 e. The number of amides is 1. The maximum atomic E-state index is 10.6. The van der Waals surface area contributed by atoms with Gasteiger partial charge in [0.2, 0.25) is 0 Å². The number of carbonyl (C=O) groups excluding carboxylic acids is 1. The third-order valence-electron chi connectivity index (χ3n) is 1.64. The highest BCUT2D eigenvalue weighted by molar-refractivity contribution is 9.10. The number of nitrogens with zero attached hydrogens (tertiary/aromatic N) is 1. The summed E-state index contributed by atoms with van der Waals surface area (Å²) in [5.74, 6) is 0.0566. The Morgan fingerprint density at radius 1 is 1.50 bits per heavy atom. The Morgan fingerprint density at radius 3 is 2.56 bits per heavy atom. The van der Waals surface area contributed by atoms with Crippen LogP contribution in [0.4, 0.5) is 10.5 Å². The zero-order chi connectivity index (χ0) is 12.3. The molecule has 2 N–H and O–H groups in total. The van der Waals surface area contributed by atoms with Crippen molar-refractivity contribution in [3.8, 4) is 11.5 Å². The van der Waals surface area contributed by atoms with E-state index in [0.29, 0.717) is 0 Å². The summed E-state index contributed by atoms with van der Waals surface area (Å²) in [5.41, 5.74) is 4.56. The molecule has 0 bridgehead atoms. The second kappa shape index (κ2) is 4.79. The molecule has 1 amide bonds. The average molecular weight is 291 g/mol. The number of benzene rings is 1. The number of nitro groups is 1. The number of carbonyl (C=O) groups is 1. The monoisotopic (exact) mass is 290 g/mol. The van der Waals surface area contributed by atoms with Crippen LogP contribution >= 0.6 is 15.9 Å². The van der Waals surface area contributed by atoms with Crippen LogP contribution in [0, 0.1) is 10.1 Å². The van der Waals surface area contributed by atoms with Gasteiger partial charge in [0, 0.05) is 6.07 Å². The average Bonchev–Trinajstić information content (AvgIpc) is 2.18. The fraction of sp³-hybridized carbons (Fsp3) is 0.125. The van der Waals surface area contributed by atoms with Crippen molar-refractivity contribution in [2.24, 2.45) is 5.73 Å². The zero-order valence-corrected chi connectivity index (χ0v) is 9.68. The van der Waals surface area contributed by atoms with E-state index in [4.69, 9.17) is 10.5 Å². The minimum atomic E-state index is -1.07. The number of hydrogen-bond donors (Lipinski definition) is 1. The summed E-state index contributed by atoms with van der Waals surface area (Å²) in [7, 11) is 1.33. The highest BCUT2D eigenvalue weighted by Gasteiger charge is 2.19. The maximum absolute atomic E-state index is 10.6. The van der Waals surface area contributed by atoms with E-state index in [2.05, 4.69) is 20.7 Å². The first-order valence-electron chi connectivity index (χ1n) is 3.95. The van der Waals surface area contributed by atoms with Gasteiger partial charge < -0.3 is 15.2 Å². The Morgan fingerprint density at radius 2 is 2.12 bits per heavy atom. The molecule has 0 saturated carbocycles. The standard InChI is InChI=1S/C8H7BrN2O5/c1-15-6-2-4(9)5(11(13)14)3-7(6)16-8(10)12/h2-3H,1H3,(H2,10,12). The Hall–Kier alpha value is -1.83. The van der Waals surface area contributed by atoms with Crippen molar-refractivity contribution < 1.29 is 19.2 Å². The summed E-state index contributed by atoms with van der Waals surface area (Å²) >= 11 is 3.00. The number of hydrogen-bond acceptors (Lipinski definition) is 5. The summed E-state index contributed by atoms with van der Waals surface area (Å²) < 4.78 is 9.66. The lowest BCUT2D eigenvalue weighted by molar-refractivity contribution is -0.385. The van der Waals surface area contributed by atoms with Gasteiger partial charge in [0.25, 0.3) is 5.69 Å². The van der Waals surface area contributed by atoms with Crippen molar-refractivity contribution in [2.45, 2.75) is 0 Å². The third-order valence-corrected chi connectivity index (χ3v) is 2.28. The summed E-state index contributed by atoms with van der Waals surface area (Å²) in [6.07, 6.45) is -1.07. The van der Waals surface area contributed by atoms with Crippen LogP contribution in [-0.2, 0) is 0 Å². The van der Waals surface area contributed by atoms with Crippen molar-refractivity contribution >= 4 is 27.7 Å². The molecule has 0 aliphatic carbocycles. The van der Waals surface area contributed by atoms with Gasteiger partial charge in [-0.15, -0.1) is 0 Å². The normalized spacial score (nSPS) is 9.62. The molecule has 16 heavy (non-hydrogen) atoms. The number of nitrogens with two attached hydrogens (primary N) is 1. The first kappa shape index (κ1) is 12.2. The van der Waals surface area contributed by atoms with E-state index in [-0.39, 0.29) is 21.7 Å².